The highest BCUT2D eigenvalue weighted by Gasteiger charge is 2.19. The molecule has 0 aliphatic carbocycles. The lowest BCUT2D eigenvalue weighted by Gasteiger charge is -2.09. The van der Waals surface area contributed by atoms with Gasteiger partial charge < -0.3 is 9.47 Å². The normalized spacial score (nSPS) is 10.2. The number of benzene rings is 2. The van der Waals surface area contributed by atoms with Crippen molar-refractivity contribution in [1.82, 2.24) is 0 Å². The first-order valence-electron chi connectivity index (χ1n) is 6.36. The van der Waals surface area contributed by atoms with E-state index in [0.717, 1.165) is 30.3 Å². The van der Waals surface area contributed by atoms with Crippen molar-refractivity contribution in [3.63, 3.8) is 0 Å². The Morgan fingerprint density at radius 2 is 1.78 bits per heavy atom. The zero-order valence-electron chi connectivity index (χ0n) is 11.9. The van der Waals surface area contributed by atoms with Gasteiger partial charge in [-0.3, -0.25) is 14.9 Å². The second-order valence-corrected chi connectivity index (χ2v) is 4.43. The number of hydrogen-bond acceptors (Lipinski definition) is 5. The van der Waals surface area contributed by atoms with E-state index in [1.54, 1.807) is 0 Å². The molecule has 0 saturated carbocycles. The van der Waals surface area contributed by atoms with Crippen LogP contribution in [0.5, 0.6) is 11.5 Å². The lowest BCUT2D eigenvalue weighted by Crippen LogP contribution is -2.14. The first-order chi connectivity index (χ1) is 10.9. The number of ketones is 1. The Hall–Kier alpha value is -3.03. The quantitative estimate of drug-likeness (QED) is 0.463. The second kappa shape index (κ2) is 6.82. The van der Waals surface area contributed by atoms with Gasteiger partial charge in [-0.1, -0.05) is 0 Å². The molecule has 0 aliphatic heterocycles. The molecule has 0 radical (unpaired) electrons. The minimum absolute atomic E-state index is 0.0773. The predicted octanol–water partition coefficient (Wildman–Crippen LogP) is 3.14. The van der Waals surface area contributed by atoms with Crippen molar-refractivity contribution in [2.75, 3.05) is 13.7 Å². The molecular formula is C15H11F2NO5. The van der Waals surface area contributed by atoms with Crippen LogP contribution in [0, 0.1) is 21.7 Å². The summed E-state index contributed by atoms with van der Waals surface area (Å²) in [6.07, 6.45) is 0. The molecule has 2 aromatic carbocycles. The third-order valence-corrected chi connectivity index (χ3v) is 2.94. The Morgan fingerprint density at radius 3 is 2.43 bits per heavy atom. The van der Waals surface area contributed by atoms with Crippen molar-refractivity contribution >= 4 is 11.5 Å². The average molecular weight is 323 g/mol. The number of nitro groups is 1. The fourth-order valence-corrected chi connectivity index (χ4v) is 1.87. The monoisotopic (exact) mass is 323 g/mol. The molecule has 2 rings (SSSR count). The summed E-state index contributed by atoms with van der Waals surface area (Å²) in [5.41, 5.74) is -0.558. The third kappa shape index (κ3) is 3.79. The largest absolute Gasteiger partial charge is 0.496 e. The van der Waals surface area contributed by atoms with Gasteiger partial charge in [0.2, 0.25) is 5.78 Å². The Kier molecular flexibility index (Phi) is 4.85. The van der Waals surface area contributed by atoms with Gasteiger partial charge in [-0.15, -0.1) is 0 Å². The molecule has 120 valence electrons. The van der Waals surface area contributed by atoms with E-state index in [1.807, 2.05) is 0 Å². The Balaban J connectivity index is 2.21. The zero-order chi connectivity index (χ0) is 17.0. The number of Topliss-reactive ketones (excluding diaryl/α,β-unsaturated/α-hetero) is 1. The first-order valence-corrected chi connectivity index (χ1v) is 6.36. The predicted molar refractivity (Wildman–Crippen MR) is 75.8 cm³/mol. The van der Waals surface area contributed by atoms with E-state index in [1.165, 1.54) is 13.2 Å². The van der Waals surface area contributed by atoms with E-state index in [2.05, 4.69) is 0 Å². The van der Waals surface area contributed by atoms with Crippen LogP contribution in [-0.2, 0) is 0 Å². The molecule has 0 N–H and O–H groups in total. The van der Waals surface area contributed by atoms with Gasteiger partial charge in [-0.25, -0.2) is 8.78 Å². The summed E-state index contributed by atoms with van der Waals surface area (Å²) >= 11 is 0. The smallest absolute Gasteiger partial charge is 0.311 e. The molecule has 0 aromatic heterocycles. The number of rotatable bonds is 6. The number of hydrogen-bond donors (Lipinski definition) is 0. The molecule has 0 heterocycles. The van der Waals surface area contributed by atoms with E-state index in [9.17, 15) is 23.7 Å². The maximum Gasteiger partial charge on any atom is 0.311 e. The van der Waals surface area contributed by atoms with Crippen LogP contribution in [0.4, 0.5) is 14.5 Å². The molecule has 0 amide bonds. The molecule has 0 bridgehead atoms. The number of halogens is 2. The Morgan fingerprint density at radius 1 is 1.13 bits per heavy atom. The molecule has 6 nitrogen and oxygen atoms in total. The lowest BCUT2D eigenvalue weighted by atomic mass is 10.1. The summed E-state index contributed by atoms with van der Waals surface area (Å²) in [5, 5.41) is 10.8. The number of carbonyl (C=O) groups excluding carboxylic acids is 1. The summed E-state index contributed by atoms with van der Waals surface area (Å²) in [6, 6.07) is 5.99. The minimum Gasteiger partial charge on any atom is -0.496 e. The van der Waals surface area contributed by atoms with Crippen LogP contribution in [0.2, 0.25) is 0 Å². The van der Waals surface area contributed by atoms with Crippen molar-refractivity contribution in [3.8, 4) is 11.5 Å². The lowest BCUT2D eigenvalue weighted by molar-refractivity contribution is -0.385. The van der Waals surface area contributed by atoms with Gasteiger partial charge in [0, 0.05) is 12.1 Å². The summed E-state index contributed by atoms with van der Waals surface area (Å²) in [5.74, 6) is -2.32. The SMILES string of the molecule is COc1ccc(F)cc1C(=O)COc1cc(F)ccc1[N+](=O)[O-]. The molecule has 0 fully saturated rings. The first kappa shape index (κ1) is 16.3. The highest BCUT2D eigenvalue weighted by Crippen LogP contribution is 2.28. The molecule has 0 saturated heterocycles. The van der Waals surface area contributed by atoms with Gasteiger partial charge in [0.1, 0.15) is 17.4 Å². The van der Waals surface area contributed by atoms with Crippen molar-refractivity contribution < 1.29 is 28.0 Å². The van der Waals surface area contributed by atoms with Crippen LogP contribution in [0.1, 0.15) is 10.4 Å². The van der Waals surface area contributed by atoms with Gasteiger partial charge in [0.25, 0.3) is 0 Å². The number of nitrogens with zero attached hydrogens (tertiary/aromatic N) is 1. The maximum atomic E-state index is 13.2. The molecular weight excluding hydrogens is 312 g/mol. The van der Waals surface area contributed by atoms with E-state index in [0.29, 0.717) is 0 Å². The molecule has 23 heavy (non-hydrogen) atoms. The molecule has 0 spiro atoms. The second-order valence-electron chi connectivity index (χ2n) is 4.43. The molecule has 0 aliphatic rings. The van der Waals surface area contributed by atoms with Crippen LogP contribution in [0.3, 0.4) is 0 Å². The summed E-state index contributed by atoms with van der Waals surface area (Å²) < 4.78 is 36.4. The minimum atomic E-state index is -0.762. The third-order valence-electron chi connectivity index (χ3n) is 2.94. The number of methoxy groups -OCH3 is 1. The van der Waals surface area contributed by atoms with Crippen LogP contribution in [-0.4, -0.2) is 24.4 Å². The number of ether oxygens (including phenoxy) is 2. The molecule has 2 aromatic rings. The zero-order valence-corrected chi connectivity index (χ0v) is 11.9. The fourth-order valence-electron chi connectivity index (χ4n) is 1.87. The highest BCUT2D eigenvalue weighted by atomic mass is 19.1. The molecule has 0 unspecified atom stereocenters. The number of nitro benzene ring substituents is 1. The number of carbonyl (C=O) groups is 1. The van der Waals surface area contributed by atoms with Gasteiger partial charge >= 0.3 is 5.69 Å². The molecule has 8 heteroatoms. The van der Waals surface area contributed by atoms with Gasteiger partial charge in [0.15, 0.2) is 12.4 Å². The van der Waals surface area contributed by atoms with Crippen molar-refractivity contribution in [2.24, 2.45) is 0 Å². The van der Waals surface area contributed by atoms with Gasteiger partial charge in [0.05, 0.1) is 17.6 Å². The van der Waals surface area contributed by atoms with Crippen molar-refractivity contribution in [1.29, 1.82) is 0 Å². The van der Waals surface area contributed by atoms with Crippen LogP contribution >= 0.6 is 0 Å². The Labute approximate surface area is 129 Å². The van der Waals surface area contributed by atoms with Crippen LogP contribution in [0.25, 0.3) is 0 Å². The topological polar surface area (TPSA) is 78.7 Å². The highest BCUT2D eigenvalue weighted by molar-refractivity contribution is 5.99. The van der Waals surface area contributed by atoms with E-state index >= 15 is 0 Å². The average Bonchev–Trinajstić information content (AvgIpc) is 2.52. The van der Waals surface area contributed by atoms with Gasteiger partial charge in [-0.05, 0) is 24.3 Å². The summed E-state index contributed by atoms with van der Waals surface area (Å²) in [7, 11) is 1.31. The summed E-state index contributed by atoms with van der Waals surface area (Å²) in [6.45, 7) is -0.635. The maximum absolute atomic E-state index is 13.2. The van der Waals surface area contributed by atoms with Crippen molar-refractivity contribution in [2.45, 2.75) is 0 Å². The van der Waals surface area contributed by atoms with E-state index < -0.39 is 40.4 Å². The standard InChI is InChI=1S/C15H11F2NO5/c1-22-14-5-3-9(16)6-11(14)13(19)8-23-15-7-10(17)2-4-12(15)18(20)21/h2-7H,8H2,1H3. The molecule has 0 atom stereocenters. The fraction of sp³-hybridized carbons (Fsp3) is 0.133. The van der Waals surface area contributed by atoms with Crippen LogP contribution < -0.4 is 9.47 Å². The van der Waals surface area contributed by atoms with E-state index in [-0.39, 0.29) is 11.3 Å². The van der Waals surface area contributed by atoms with Crippen LogP contribution in [0.15, 0.2) is 36.4 Å². The van der Waals surface area contributed by atoms with Crippen molar-refractivity contribution in [3.05, 3.63) is 63.7 Å². The Bertz CT molecular complexity index is 764. The summed E-state index contributed by atoms with van der Waals surface area (Å²) in [4.78, 5) is 22.2. The van der Waals surface area contributed by atoms with Gasteiger partial charge in [-0.2, -0.15) is 0 Å². The van der Waals surface area contributed by atoms with E-state index in [4.69, 9.17) is 9.47 Å².